The largest absolute Gasteiger partial charge is 0.368 e. The molecule has 0 saturated carbocycles. The van der Waals surface area contributed by atoms with Crippen LogP contribution in [0.25, 0.3) is 0 Å². The molecule has 2 aromatic carbocycles. The van der Waals surface area contributed by atoms with Gasteiger partial charge in [0.1, 0.15) is 30.2 Å². The maximum Gasteiger partial charge on any atom is 0.247 e. The van der Waals surface area contributed by atoms with E-state index in [4.69, 9.17) is 24.4 Å². The Balaban J connectivity index is 1.08. The molecule has 17 heteroatoms. The van der Waals surface area contributed by atoms with E-state index in [1.165, 1.54) is 0 Å². The number of amides is 5. The fourth-order valence-corrected chi connectivity index (χ4v) is 13.9. The number of hydrogen-bond acceptors (Lipinski definition) is 11. The van der Waals surface area contributed by atoms with Gasteiger partial charge in [0.25, 0.3) is 0 Å². The van der Waals surface area contributed by atoms with Crippen molar-refractivity contribution >= 4 is 93.1 Å². The minimum Gasteiger partial charge on any atom is -0.368 e. The highest BCUT2D eigenvalue weighted by Crippen LogP contribution is 2.48. The van der Waals surface area contributed by atoms with Crippen LogP contribution in [0.5, 0.6) is 0 Å². The highest BCUT2D eigenvalue weighted by atomic mass is 32.2. The van der Waals surface area contributed by atoms with Crippen molar-refractivity contribution in [1.29, 1.82) is 0 Å². The minimum absolute atomic E-state index is 0.0252. The van der Waals surface area contributed by atoms with Gasteiger partial charge in [-0.15, -0.1) is 23.5 Å². The van der Waals surface area contributed by atoms with Gasteiger partial charge in [-0.1, -0.05) is 138 Å². The van der Waals surface area contributed by atoms with Crippen molar-refractivity contribution in [1.82, 2.24) is 36.4 Å². The van der Waals surface area contributed by atoms with Crippen LogP contribution >= 0.6 is 48.0 Å². The number of fused-ring (bicyclic) bond motifs is 2. The van der Waals surface area contributed by atoms with Crippen LogP contribution in [0.3, 0.4) is 0 Å². The van der Waals surface area contributed by atoms with Gasteiger partial charge in [0, 0.05) is 35.6 Å². The second-order valence-corrected chi connectivity index (χ2v) is 24.2. The van der Waals surface area contributed by atoms with Crippen molar-refractivity contribution in [2.24, 2.45) is 22.7 Å². The van der Waals surface area contributed by atoms with E-state index in [1.54, 1.807) is 69.7 Å². The molecular formula is C55H71N7O6S4. The molecule has 72 heavy (non-hydrogen) atoms. The average Bonchev–Trinajstić information content (AvgIpc) is 3.68. The predicted molar refractivity (Wildman–Crippen MR) is 295 cm³/mol. The number of thiocarbonyl (C=S) groups is 2. The number of ketones is 1. The summed E-state index contributed by atoms with van der Waals surface area (Å²) < 4.78 is 0. The molecule has 6 rings (SSSR count). The van der Waals surface area contributed by atoms with Crippen LogP contribution in [0.15, 0.2) is 60.7 Å². The fourth-order valence-electron chi connectivity index (χ4n) is 10.0. The molecule has 4 saturated heterocycles. The van der Waals surface area contributed by atoms with Gasteiger partial charge in [-0.3, -0.25) is 28.8 Å². The first-order valence-corrected chi connectivity index (χ1v) is 28.1. The standard InChI is InChI=1S/C55H71N7O6S4/c1-9-34(2)51(70)58-39-27-30-72-43-33-55(6,7)47(62(43)53(39)68)49(65)59-44(36-21-15-13-16-22-36)40(63)25-19-11-10-12-20-28-57-48(64)45(37-23-17-14-18-24-37)60-50(66)46-54(4,5)32-42-61(46)52(67)38(26-29-71-42)31-41(69)35(3)56-8/h13-18,21-24,34-35,38-39,42-47,56H,9,19,25-33H2,1-8H3,(H,57,64)(H,58,70)(H,59,65)(H,60,66)/t34-,35+,38-,39+,42+,43+,44+,45+,46?,47-/m1/s1. The molecule has 5 N–H and O–H groups in total. The highest BCUT2D eigenvalue weighted by Gasteiger charge is 2.56. The van der Waals surface area contributed by atoms with E-state index in [2.05, 4.69) is 57.2 Å². The number of carbonyl (C=O) groups is 6. The fraction of sp³-hybridized carbons (Fsp3) is 0.564. The number of benzene rings is 2. The summed E-state index contributed by atoms with van der Waals surface area (Å²) in [6, 6.07) is 13.8. The third-order valence-corrected chi connectivity index (χ3v) is 18.0. The van der Waals surface area contributed by atoms with E-state index < -0.39 is 52.9 Å². The topological polar surface area (TPSA) is 169 Å². The number of carbonyl (C=O) groups excluding carboxylic acids is 6. The average molecular weight is 1050 g/mol. The molecule has 10 atom stereocenters. The molecule has 0 bridgehead atoms. The van der Waals surface area contributed by atoms with E-state index in [9.17, 15) is 28.8 Å². The SMILES string of the molecule is CC[C@@H](C)C(=S)N[C@H]1CCS[C@H]2CC(C)(C)[C@@H](C(=O)N[C@H](C(=O)CCC#CC#CCNC(=O)[C@@H](NC(=O)C3N4C(=O)[C@@H](CC(=S)[C@H](C)NC)CCS[C@H]4CC3(C)C)c3ccccc3)c3ccccc3)N2C1=O. The molecule has 4 heterocycles. The number of nitrogens with zero attached hydrogens (tertiary/aromatic N) is 2. The van der Waals surface area contributed by atoms with Gasteiger partial charge >= 0.3 is 0 Å². The van der Waals surface area contributed by atoms with Gasteiger partial charge in [-0.2, -0.15) is 0 Å². The Morgan fingerprint density at radius 3 is 1.86 bits per heavy atom. The smallest absolute Gasteiger partial charge is 0.247 e. The Morgan fingerprint density at radius 2 is 1.29 bits per heavy atom. The molecular weight excluding hydrogens is 983 g/mol. The highest BCUT2D eigenvalue weighted by molar-refractivity contribution is 8.00. The third-order valence-electron chi connectivity index (χ3n) is 14.5. The Morgan fingerprint density at radius 1 is 0.764 bits per heavy atom. The van der Waals surface area contributed by atoms with E-state index in [1.807, 2.05) is 72.9 Å². The van der Waals surface area contributed by atoms with Gasteiger partial charge in [-0.25, -0.2) is 0 Å². The van der Waals surface area contributed by atoms with Crippen LogP contribution in [0.2, 0.25) is 0 Å². The van der Waals surface area contributed by atoms with Crippen molar-refractivity contribution < 1.29 is 28.8 Å². The molecule has 0 radical (unpaired) electrons. The first kappa shape index (κ1) is 56.5. The zero-order valence-electron chi connectivity index (χ0n) is 42.8. The molecule has 4 fully saturated rings. The third kappa shape index (κ3) is 13.7. The Labute approximate surface area is 445 Å². The lowest BCUT2D eigenvalue weighted by molar-refractivity contribution is -0.144. The summed E-state index contributed by atoms with van der Waals surface area (Å²) in [6.45, 7) is 14.0. The van der Waals surface area contributed by atoms with E-state index >= 15 is 0 Å². The van der Waals surface area contributed by atoms with Crippen molar-refractivity contribution in [2.45, 2.75) is 147 Å². The Hall–Kier alpha value is -4.78. The van der Waals surface area contributed by atoms with Gasteiger partial charge in [0.15, 0.2) is 5.78 Å². The number of Topliss-reactive ketones (excluding diaryl/α,β-unsaturated/α-hetero) is 1. The zero-order valence-corrected chi connectivity index (χ0v) is 46.1. The summed E-state index contributed by atoms with van der Waals surface area (Å²) in [4.78, 5) is 90.1. The summed E-state index contributed by atoms with van der Waals surface area (Å²) in [6.07, 6.45) is 4.04. The monoisotopic (exact) mass is 1050 g/mol. The van der Waals surface area contributed by atoms with Crippen LogP contribution in [0.1, 0.15) is 123 Å². The van der Waals surface area contributed by atoms with Gasteiger partial charge < -0.3 is 36.4 Å². The van der Waals surface area contributed by atoms with Gasteiger partial charge in [0.05, 0.1) is 22.3 Å². The molecule has 5 amide bonds. The lowest BCUT2D eigenvalue weighted by Gasteiger charge is -2.35. The first-order valence-electron chi connectivity index (χ1n) is 25.1. The van der Waals surface area contributed by atoms with Crippen molar-refractivity contribution in [3.8, 4) is 23.7 Å². The van der Waals surface area contributed by atoms with Crippen LogP contribution < -0.4 is 26.6 Å². The van der Waals surface area contributed by atoms with E-state index in [0.717, 1.165) is 22.8 Å². The molecule has 0 spiro atoms. The van der Waals surface area contributed by atoms with Gasteiger partial charge in [0.2, 0.25) is 29.5 Å². The summed E-state index contributed by atoms with van der Waals surface area (Å²) in [7, 11) is 1.84. The van der Waals surface area contributed by atoms with Crippen LogP contribution in [0, 0.1) is 46.3 Å². The second kappa shape index (κ2) is 25.4. The summed E-state index contributed by atoms with van der Waals surface area (Å²) in [5.74, 6) is 10.9. The molecule has 1 unspecified atom stereocenters. The molecule has 2 aromatic rings. The van der Waals surface area contributed by atoms with Gasteiger partial charge in [-0.05, 0) is 97.8 Å². The number of hydrogen-bond donors (Lipinski definition) is 5. The molecule has 4 aliphatic heterocycles. The number of thioether (sulfide) groups is 2. The second-order valence-electron chi connectivity index (χ2n) is 20.7. The van der Waals surface area contributed by atoms with Crippen molar-refractivity contribution in [2.75, 3.05) is 25.1 Å². The minimum atomic E-state index is -1.06. The molecule has 13 nitrogen and oxygen atoms in total. The maximum absolute atomic E-state index is 14.4. The zero-order chi connectivity index (χ0) is 52.3. The lowest BCUT2D eigenvalue weighted by Crippen LogP contribution is -2.57. The van der Waals surface area contributed by atoms with Crippen LogP contribution in [-0.4, -0.2) is 115 Å². The lowest BCUT2D eigenvalue weighted by atomic mass is 9.83. The molecule has 0 aliphatic carbocycles. The first-order chi connectivity index (χ1) is 34.3. The number of nitrogens with one attached hydrogen (secondary N) is 5. The molecule has 4 aliphatic rings. The normalized spacial score (nSPS) is 24.7. The Bertz CT molecular complexity index is 2300. The summed E-state index contributed by atoms with van der Waals surface area (Å²) in [5, 5.41) is 15.0. The summed E-state index contributed by atoms with van der Waals surface area (Å²) in [5.41, 5.74) is 0.0842. The van der Waals surface area contributed by atoms with Crippen molar-refractivity contribution in [3.63, 3.8) is 0 Å². The van der Waals surface area contributed by atoms with Crippen LogP contribution in [0.4, 0.5) is 0 Å². The Kier molecular flexibility index (Phi) is 20.0. The van der Waals surface area contributed by atoms with E-state index in [-0.39, 0.29) is 71.5 Å². The van der Waals surface area contributed by atoms with Crippen LogP contribution in [-0.2, 0) is 28.8 Å². The number of rotatable bonds is 18. The summed E-state index contributed by atoms with van der Waals surface area (Å²) >= 11 is 14.7. The maximum atomic E-state index is 14.4. The van der Waals surface area contributed by atoms with Crippen molar-refractivity contribution in [3.05, 3.63) is 71.8 Å². The molecule has 386 valence electrons. The van der Waals surface area contributed by atoms with E-state index in [0.29, 0.717) is 48.2 Å². The predicted octanol–water partition coefficient (Wildman–Crippen LogP) is 6.67. The quantitative estimate of drug-likeness (QED) is 0.0796. The molecule has 0 aromatic heterocycles.